The van der Waals surface area contributed by atoms with Gasteiger partial charge in [-0.3, -0.25) is 0 Å². The lowest BCUT2D eigenvalue weighted by Gasteiger charge is -2.18. The number of nitrogens with one attached hydrogen (secondary N) is 2. The van der Waals surface area contributed by atoms with E-state index in [0.717, 1.165) is 25.4 Å². The number of nitrogens with zero attached hydrogens (tertiary/aromatic N) is 5. The first kappa shape index (κ1) is 13.9. The zero-order chi connectivity index (χ0) is 14.8. The Morgan fingerprint density at radius 2 is 2.38 bits per heavy atom. The molecule has 1 saturated heterocycles. The highest BCUT2D eigenvalue weighted by molar-refractivity contribution is 5.34. The fourth-order valence-corrected chi connectivity index (χ4v) is 2.54. The van der Waals surface area contributed by atoms with Gasteiger partial charge >= 0.3 is 0 Å². The van der Waals surface area contributed by atoms with E-state index in [-0.39, 0.29) is 6.10 Å². The first-order valence-electron chi connectivity index (χ1n) is 7.07. The minimum absolute atomic E-state index is 0.0359. The minimum Gasteiger partial charge on any atom is -0.370 e. The second-order valence-corrected chi connectivity index (χ2v) is 5.50. The average Bonchev–Trinajstić information content (AvgIpc) is 3.15. The standard InChI is InChI=1S/C13H21N7O/c1-19(2)13-16-12(17-18-13)15-8-9-4-7-21-10(9)11-14-5-6-20(11)3/h5-6,9-10H,4,7-8H2,1-3H3,(H2,15,16,17,18)/t9-,10+/m0/s1. The van der Waals surface area contributed by atoms with E-state index in [9.17, 15) is 0 Å². The maximum absolute atomic E-state index is 5.84. The van der Waals surface area contributed by atoms with Crippen molar-refractivity contribution < 1.29 is 4.74 Å². The lowest BCUT2D eigenvalue weighted by molar-refractivity contribution is 0.0839. The van der Waals surface area contributed by atoms with Gasteiger partial charge in [0.25, 0.3) is 0 Å². The van der Waals surface area contributed by atoms with Gasteiger partial charge in [-0.2, -0.15) is 4.98 Å². The Labute approximate surface area is 123 Å². The van der Waals surface area contributed by atoms with E-state index in [4.69, 9.17) is 4.74 Å². The lowest BCUT2D eigenvalue weighted by atomic mass is 10.0. The molecular weight excluding hydrogens is 270 g/mol. The van der Waals surface area contributed by atoms with E-state index in [1.807, 2.05) is 36.8 Å². The Morgan fingerprint density at radius 1 is 1.52 bits per heavy atom. The Bertz CT molecular complexity index is 591. The van der Waals surface area contributed by atoms with Gasteiger partial charge in [0.05, 0.1) is 0 Å². The first-order valence-corrected chi connectivity index (χ1v) is 7.07. The van der Waals surface area contributed by atoms with Crippen LogP contribution in [-0.4, -0.2) is 52.0 Å². The largest absolute Gasteiger partial charge is 0.370 e. The van der Waals surface area contributed by atoms with Gasteiger partial charge in [0.15, 0.2) is 0 Å². The number of imidazole rings is 1. The van der Waals surface area contributed by atoms with Crippen LogP contribution in [0.1, 0.15) is 18.3 Å². The fraction of sp³-hybridized carbons (Fsp3) is 0.615. The molecule has 3 heterocycles. The fourth-order valence-electron chi connectivity index (χ4n) is 2.54. The number of anilines is 2. The monoisotopic (exact) mass is 291 g/mol. The topological polar surface area (TPSA) is 83.9 Å². The van der Waals surface area contributed by atoms with Crippen molar-refractivity contribution >= 4 is 11.9 Å². The summed E-state index contributed by atoms with van der Waals surface area (Å²) in [7, 11) is 5.82. The Kier molecular flexibility index (Phi) is 3.78. The third-order valence-corrected chi connectivity index (χ3v) is 3.73. The van der Waals surface area contributed by atoms with Crippen LogP contribution in [0, 0.1) is 5.92 Å². The van der Waals surface area contributed by atoms with E-state index in [0.29, 0.717) is 17.8 Å². The number of aromatic amines is 1. The van der Waals surface area contributed by atoms with Gasteiger partial charge in [0, 0.05) is 52.6 Å². The van der Waals surface area contributed by atoms with Crippen molar-refractivity contribution in [3.05, 3.63) is 18.2 Å². The summed E-state index contributed by atoms with van der Waals surface area (Å²) >= 11 is 0. The van der Waals surface area contributed by atoms with Gasteiger partial charge in [-0.15, -0.1) is 5.10 Å². The van der Waals surface area contributed by atoms with Gasteiger partial charge in [0.2, 0.25) is 11.9 Å². The quantitative estimate of drug-likeness (QED) is 0.847. The normalized spacial score (nSPS) is 21.7. The summed E-state index contributed by atoms with van der Waals surface area (Å²) in [6.45, 7) is 1.54. The number of ether oxygens (including phenoxy) is 1. The smallest absolute Gasteiger partial charge is 0.245 e. The van der Waals surface area contributed by atoms with Gasteiger partial charge in [-0.25, -0.2) is 10.1 Å². The number of H-pyrrole nitrogens is 1. The third-order valence-electron chi connectivity index (χ3n) is 3.73. The maximum atomic E-state index is 5.84. The van der Waals surface area contributed by atoms with Crippen LogP contribution in [-0.2, 0) is 11.8 Å². The lowest BCUT2D eigenvalue weighted by Crippen LogP contribution is -2.20. The summed E-state index contributed by atoms with van der Waals surface area (Å²) in [6, 6.07) is 0. The minimum atomic E-state index is 0.0359. The summed E-state index contributed by atoms with van der Waals surface area (Å²) in [5.74, 6) is 2.70. The molecule has 0 radical (unpaired) electrons. The molecule has 1 fully saturated rings. The summed E-state index contributed by atoms with van der Waals surface area (Å²) < 4.78 is 7.86. The number of hydrogen-bond acceptors (Lipinski definition) is 6. The SMILES string of the molecule is CN(C)c1n[nH]c(NC[C@@H]2CCO[C@H]2c2nccn2C)n1. The van der Waals surface area contributed by atoms with E-state index in [2.05, 4.69) is 25.5 Å². The maximum Gasteiger partial charge on any atom is 0.245 e. The van der Waals surface area contributed by atoms with E-state index in [1.54, 1.807) is 6.20 Å². The van der Waals surface area contributed by atoms with Crippen molar-refractivity contribution in [2.75, 3.05) is 37.5 Å². The molecule has 2 atom stereocenters. The summed E-state index contributed by atoms with van der Waals surface area (Å²) in [4.78, 5) is 10.6. The van der Waals surface area contributed by atoms with E-state index >= 15 is 0 Å². The molecule has 0 unspecified atom stereocenters. The van der Waals surface area contributed by atoms with Crippen LogP contribution >= 0.6 is 0 Å². The summed E-state index contributed by atoms with van der Waals surface area (Å²) in [5.41, 5.74) is 0. The average molecular weight is 291 g/mol. The second kappa shape index (κ2) is 5.72. The molecule has 8 nitrogen and oxygen atoms in total. The van der Waals surface area contributed by atoms with Gasteiger partial charge < -0.3 is 19.5 Å². The highest BCUT2D eigenvalue weighted by atomic mass is 16.5. The van der Waals surface area contributed by atoms with Crippen molar-refractivity contribution in [2.24, 2.45) is 13.0 Å². The van der Waals surface area contributed by atoms with Crippen LogP contribution in [0.15, 0.2) is 12.4 Å². The molecule has 0 saturated carbocycles. The highest BCUT2D eigenvalue weighted by Crippen LogP contribution is 2.33. The molecular formula is C13H21N7O. The van der Waals surface area contributed by atoms with Gasteiger partial charge in [-0.05, 0) is 6.42 Å². The summed E-state index contributed by atoms with van der Waals surface area (Å²) in [5, 5.41) is 10.3. The molecule has 0 amide bonds. The molecule has 3 rings (SSSR count). The van der Waals surface area contributed by atoms with Crippen molar-refractivity contribution in [1.29, 1.82) is 0 Å². The molecule has 0 aromatic carbocycles. The van der Waals surface area contributed by atoms with Crippen molar-refractivity contribution in [3.8, 4) is 0 Å². The molecule has 0 spiro atoms. The molecule has 21 heavy (non-hydrogen) atoms. The number of rotatable bonds is 5. The third kappa shape index (κ3) is 2.85. The van der Waals surface area contributed by atoms with Crippen LogP contribution in [0.4, 0.5) is 11.9 Å². The molecule has 114 valence electrons. The zero-order valence-corrected chi connectivity index (χ0v) is 12.6. The highest BCUT2D eigenvalue weighted by Gasteiger charge is 2.32. The van der Waals surface area contributed by atoms with E-state index < -0.39 is 0 Å². The number of aromatic nitrogens is 5. The Morgan fingerprint density at radius 3 is 3.05 bits per heavy atom. The Balaban J connectivity index is 1.62. The van der Waals surface area contributed by atoms with Crippen molar-refractivity contribution in [2.45, 2.75) is 12.5 Å². The van der Waals surface area contributed by atoms with Crippen LogP contribution < -0.4 is 10.2 Å². The number of hydrogen-bond donors (Lipinski definition) is 2. The second-order valence-electron chi connectivity index (χ2n) is 5.50. The molecule has 0 aliphatic carbocycles. The van der Waals surface area contributed by atoms with Gasteiger partial charge in [-0.1, -0.05) is 0 Å². The summed E-state index contributed by atoms with van der Waals surface area (Å²) in [6.07, 6.45) is 4.80. The van der Waals surface area contributed by atoms with Crippen LogP contribution in [0.5, 0.6) is 0 Å². The molecule has 2 aromatic heterocycles. The first-order chi connectivity index (χ1) is 10.1. The van der Waals surface area contributed by atoms with Crippen molar-refractivity contribution in [1.82, 2.24) is 24.7 Å². The van der Waals surface area contributed by atoms with Gasteiger partial charge in [0.1, 0.15) is 11.9 Å². The molecule has 0 bridgehead atoms. The molecule has 2 N–H and O–H groups in total. The Hall–Kier alpha value is -2.09. The number of aryl methyl sites for hydroxylation is 1. The van der Waals surface area contributed by atoms with Crippen molar-refractivity contribution in [3.63, 3.8) is 0 Å². The molecule has 1 aliphatic heterocycles. The van der Waals surface area contributed by atoms with Crippen LogP contribution in [0.25, 0.3) is 0 Å². The van der Waals surface area contributed by atoms with Crippen LogP contribution in [0.3, 0.4) is 0 Å². The molecule has 1 aliphatic rings. The molecule has 8 heteroatoms. The molecule has 2 aromatic rings. The predicted octanol–water partition coefficient (Wildman–Crippen LogP) is 0.794. The van der Waals surface area contributed by atoms with E-state index in [1.165, 1.54) is 0 Å². The predicted molar refractivity (Wildman–Crippen MR) is 79.2 cm³/mol. The zero-order valence-electron chi connectivity index (χ0n) is 12.6. The van der Waals surface area contributed by atoms with Crippen LogP contribution in [0.2, 0.25) is 0 Å².